The van der Waals surface area contributed by atoms with Gasteiger partial charge in [0.05, 0.1) is 7.11 Å². The van der Waals surface area contributed by atoms with E-state index < -0.39 is 0 Å². The molecule has 0 aliphatic carbocycles. The van der Waals surface area contributed by atoms with Gasteiger partial charge in [0, 0.05) is 12.6 Å². The highest BCUT2D eigenvalue weighted by Crippen LogP contribution is 2.14. The first-order valence-corrected chi connectivity index (χ1v) is 5.66. The standard InChI is InChI=1S/C11H22N2O2/c1-9(11(14)15-3)12-8-10-6-4-5-7-13(10)2/h9-10,12H,4-8H2,1-3H3. The van der Waals surface area contributed by atoms with Gasteiger partial charge in [-0.1, -0.05) is 6.42 Å². The van der Waals surface area contributed by atoms with Gasteiger partial charge in [-0.3, -0.25) is 4.79 Å². The molecule has 0 spiro atoms. The Hall–Kier alpha value is -0.610. The Bertz CT molecular complexity index is 209. The predicted molar refractivity (Wildman–Crippen MR) is 59.7 cm³/mol. The zero-order valence-electron chi connectivity index (χ0n) is 9.95. The van der Waals surface area contributed by atoms with E-state index in [0.29, 0.717) is 6.04 Å². The number of piperidine rings is 1. The SMILES string of the molecule is COC(=O)C(C)NCC1CCCCN1C. The van der Waals surface area contributed by atoms with Gasteiger partial charge >= 0.3 is 5.97 Å². The van der Waals surface area contributed by atoms with Crippen molar-refractivity contribution in [1.82, 2.24) is 10.2 Å². The maximum absolute atomic E-state index is 11.2. The molecule has 0 bridgehead atoms. The minimum Gasteiger partial charge on any atom is -0.468 e. The number of esters is 1. The molecule has 1 heterocycles. The largest absolute Gasteiger partial charge is 0.468 e. The smallest absolute Gasteiger partial charge is 0.322 e. The van der Waals surface area contributed by atoms with E-state index >= 15 is 0 Å². The first kappa shape index (κ1) is 12.5. The number of likely N-dealkylation sites (N-methyl/N-ethyl adjacent to an activating group) is 1. The molecule has 4 nitrogen and oxygen atoms in total. The van der Waals surface area contributed by atoms with Crippen LogP contribution in [0.3, 0.4) is 0 Å². The molecule has 0 aromatic rings. The predicted octanol–water partition coefficient (Wildman–Crippen LogP) is 0.622. The van der Waals surface area contributed by atoms with Crippen molar-refractivity contribution in [2.75, 3.05) is 27.2 Å². The molecule has 1 saturated heterocycles. The van der Waals surface area contributed by atoms with Crippen LogP contribution >= 0.6 is 0 Å². The molecule has 1 aliphatic rings. The topological polar surface area (TPSA) is 41.6 Å². The average Bonchev–Trinajstić information content (AvgIpc) is 2.26. The second kappa shape index (κ2) is 6.08. The maximum Gasteiger partial charge on any atom is 0.322 e. The lowest BCUT2D eigenvalue weighted by Crippen LogP contribution is -2.47. The van der Waals surface area contributed by atoms with Crippen molar-refractivity contribution in [2.45, 2.75) is 38.3 Å². The van der Waals surface area contributed by atoms with E-state index in [1.54, 1.807) is 0 Å². The van der Waals surface area contributed by atoms with Crippen LogP contribution in [0.4, 0.5) is 0 Å². The van der Waals surface area contributed by atoms with Gasteiger partial charge in [-0.2, -0.15) is 0 Å². The molecule has 2 unspecified atom stereocenters. The molecule has 0 amide bonds. The fraction of sp³-hybridized carbons (Fsp3) is 0.909. The molecule has 1 N–H and O–H groups in total. The van der Waals surface area contributed by atoms with E-state index in [-0.39, 0.29) is 12.0 Å². The summed E-state index contributed by atoms with van der Waals surface area (Å²) in [4.78, 5) is 13.5. The second-order valence-corrected chi connectivity index (χ2v) is 4.28. The lowest BCUT2D eigenvalue weighted by Gasteiger charge is -2.33. The van der Waals surface area contributed by atoms with Crippen LogP contribution in [0, 0.1) is 0 Å². The molecule has 0 saturated carbocycles. The minimum absolute atomic E-state index is 0.187. The van der Waals surface area contributed by atoms with Crippen LogP contribution in [-0.2, 0) is 9.53 Å². The molecule has 88 valence electrons. The average molecular weight is 214 g/mol. The summed E-state index contributed by atoms with van der Waals surface area (Å²) in [6.45, 7) is 3.88. The molecule has 1 aliphatic heterocycles. The highest BCUT2D eigenvalue weighted by Gasteiger charge is 2.20. The lowest BCUT2D eigenvalue weighted by atomic mass is 10.0. The van der Waals surface area contributed by atoms with Crippen LogP contribution in [0.25, 0.3) is 0 Å². The summed E-state index contributed by atoms with van der Waals surface area (Å²) in [7, 11) is 3.57. The zero-order chi connectivity index (χ0) is 11.3. The highest BCUT2D eigenvalue weighted by molar-refractivity contribution is 5.75. The molecule has 1 fully saturated rings. The number of nitrogens with one attached hydrogen (secondary N) is 1. The van der Waals surface area contributed by atoms with Crippen molar-refractivity contribution in [3.8, 4) is 0 Å². The summed E-state index contributed by atoms with van der Waals surface area (Å²) in [5.74, 6) is -0.187. The molecular weight excluding hydrogens is 192 g/mol. The van der Waals surface area contributed by atoms with Crippen molar-refractivity contribution in [2.24, 2.45) is 0 Å². The third kappa shape index (κ3) is 3.80. The number of likely N-dealkylation sites (tertiary alicyclic amines) is 1. The summed E-state index contributed by atoms with van der Waals surface area (Å²) in [5.41, 5.74) is 0. The van der Waals surface area contributed by atoms with Crippen molar-refractivity contribution in [1.29, 1.82) is 0 Å². The number of hydrogen-bond acceptors (Lipinski definition) is 4. The normalized spacial score (nSPS) is 24.9. The van der Waals surface area contributed by atoms with E-state index in [1.165, 1.54) is 32.9 Å². The van der Waals surface area contributed by atoms with Crippen LogP contribution in [0.15, 0.2) is 0 Å². The van der Waals surface area contributed by atoms with Gasteiger partial charge in [-0.15, -0.1) is 0 Å². The van der Waals surface area contributed by atoms with Crippen molar-refractivity contribution < 1.29 is 9.53 Å². The molecular formula is C11H22N2O2. The van der Waals surface area contributed by atoms with Gasteiger partial charge in [-0.25, -0.2) is 0 Å². The molecule has 1 rings (SSSR count). The summed E-state index contributed by atoms with van der Waals surface area (Å²) in [6, 6.07) is 0.358. The fourth-order valence-electron chi connectivity index (χ4n) is 1.97. The number of carbonyl (C=O) groups is 1. The number of methoxy groups -OCH3 is 1. The molecule has 4 heteroatoms. The summed E-state index contributed by atoms with van der Waals surface area (Å²) >= 11 is 0. The third-order valence-electron chi connectivity index (χ3n) is 3.14. The van der Waals surface area contributed by atoms with E-state index in [9.17, 15) is 4.79 Å². The number of hydrogen-bond donors (Lipinski definition) is 1. The monoisotopic (exact) mass is 214 g/mol. The third-order valence-corrected chi connectivity index (χ3v) is 3.14. The minimum atomic E-state index is -0.203. The molecule has 15 heavy (non-hydrogen) atoms. The van der Waals surface area contributed by atoms with Gasteiger partial charge in [0.2, 0.25) is 0 Å². The quantitative estimate of drug-likeness (QED) is 0.697. The van der Waals surface area contributed by atoms with Crippen molar-refractivity contribution in [3.63, 3.8) is 0 Å². The Morgan fingerprint density at radius 1 is 1.60 bits per heavy atom. The van der Waals surface area contributed by atoms with Gasteiger partial charge in [0.15, 0.2) is 0 Å². The van der Waals surface area contributed by atoms with Crippen molar-refractivity contribution >= 4 is 5.97 Å². The van der Waals surface area contributed by atoms with E-state index in [0.717, 1.165) is 6.54 Å². The van der Waals surface area contributed by atoms with E-state index in [1.807, 2.05) is 6.92 Å². The maximum atomic E-state index is 11.2. The van der Waals surface area contributed by atoms with Gasteiger partial charge in [-0.05, 0) is 33.4 Å². The van der Waals surface area contributed by atoms with E-state index in [2.05, 4.69) is 22.0 Å². The number of rotatable bonds is 4. The van der Waals surface area contributed by atoms with Gasteiger partial charge in [0.1, 0.15) is 6.04 Å². The van der Waals surface area contributed by atoms with Crippen LogP contribution in [0.1, 0.15) is 26.2 Å². The number of nitrogens with zero attached hydrogens (tertiary/aromatic N) is 1. The van der Waals surface area contributed by atoms with Crippen LogP contribution in [0.5, 0.6) is 0 Å². The Labute approximate surface area is 92.0 Å². The molecule has 2 atom stereocenters. The van der Waals surface area contributed by atoms with Crippen LogP contribution in [-0.4, -0.2) is 50.2 Å². The number of carbonyl (C=O) groups excluding carboxylic acids is 1. The van der Waals surface area contributed by atoms with Gasteiger partial charge in [0.25, 0.3) is 0 Å². The van der Waals surface area contributed by atoms with Crippen LogP contribution < -0.4 is 5.32 Å². The Morgan fingerprint density at radius 2 is 2.33 bits per heavy atom. The van der Waals surface area contributed by atoms with Gasteiger partial charge < -0.3 is 15.0 Å². The number of ether oxygens (including phenoxy) is 1. The lowest BCUT2D eigenvalue weighted by molar-refractivity contribution is -0.142. The van der Waals surface area contributed by atoms with Crippen molar-refractivity contribution in [3.05, 3.63) is 0 Å². The summed E-state index contributed by atoms with van der Waals surface area (Å²) in [5, 5.41) is 3.22. The zero-order valence-corrected chi connectivity index (χ0v) is 9.95. The molecule has 0 aromatic heterocycles. The fourth-order valence-corrected chi connectivity index (χ4v) is 1.97. The second-order valence-electron chi connectivity index (χ2n) is 4.28. The first-order valence-electron chi connectivity index (χ1n) is 5.66. The Kier molecular flexibility index (Phi) is 5.05. The Morgan fingerprint density at radius 3 is 2.93 bits per heavy atom. The summed E-state index contributed by atoms with van der Waals surface area (Å²) in [6.07, 6.45) is 3.81. The summed E-state index contributed by atoms with van der Waals surface area (Å²) < 4.78 is 4.66. The molecule has 0 aromatic carbocycles. The van der Waals surface area contributed by atoms with Crippen LogP contribution in [0.2, 0.25) is 0 Å². The van der Waals surface area contributed by atoms with E-state index in [4.69, 9.17) is 0 Å². The first-order chi connectivity index (χ1) is 7.15. The molecule has 0 radical (unpaired) electrons. The Balaban J connectivity index is 2.26. The highest BCUT2D eigenvalue weighted by atomic mass is 16.5.